The van der Waals surface area contributed by atoms with Crippen LogP contribution in [0.1, 0.15) is 5.56 Å². The maximum absolute atomic E-state index is 9.19. The molecule has 0 aliphatic heterocycles. The molecule has 2 aromatic heterocycles. The fourth-order valence-corrected chi connectivity index (χ4v) is 1.54. The number of hydrogen-bond acceptors (Lipinski definition) is 4. The van der Waals surface area contributed by atoms with Crippen LogP contribution in [0.5, 0.6) is 5.88 Å². The van der Waals surface area contributed by atoms with Gasteiger partial charge in [0.1, 0.15) is 0 Å². The molecule has 0 spiro atoms. The van der Waals surface area contributed by atoms with Gasteiger partial charge in [-0.1, -0.05) is 11.6 Å². The van der Waals surface area contributed by atoms with Crippen molar-refractivity contribution in [2.45, 2.75) is 6.61 Å². The third-order valence-electron chi connectivity index (χ3n) is 2.11. The molecular formula is C10H9ClN2O2. The molecule has 2 aromatic rings. The van der Waals surface area contributed by atoms with Gasteiger partial charge in [-0.3, -0.25) is 4.98 Å². The molecule has 5 heteroatoms. The Hall–Kier alpha value is -1.39. The molecule has 0 amide bonds. The van der Waals surface area contributed by atoms with Crippen molar-refractivity contribution in [3.8, 4) is 5.88 Å². The normalized spacial score (nSPS) is 10.6. The highest BCUT2D eigenvalue weighted by Gasteiger charge is 2.08. The smallest absolute Gasteiger partial charge is 0.213 e. The molecule has 4 nitrogen and oxygen atoms in total. The standard InChI is InChI=1S/C10H9ClN2O2/c1-15-9-3-2-8-10(13-9)6(5-14)7(11)4-12-8/h2-4,14H,5H2,1H3. The van der Waals surface area contributed by atoms with Crippen molar-refractivity contribution in [2.24, 2.45) is 0 Å². The minimum absolute atomic E-state index is 0.169. The number of halogens is 1. The number of aromatic nitrogens is 2. The van der Waals surface area contributed by atoms with Gasteiger partial charge in [0.05, 0.1) is 29.8 Å². The van der Waals surface area contributed by atoms with E-state index >= 15 is 0 Å². The van der Waals surface area contributed by atoms with Gasteiger partial charge in [-0.2, -0.15) is 0 Å². The summed E-state index contributed by atoms with van der Waals surface area (Å²) >= 11 is 5.90. The first-order valence-electron chi connectivity index (χ1n) is 4.35. The van der Waals surface area contributed by atoms with Gasteiger partial charge in [0.15, 0.2) is 0 Å². The largest absolute Gasteiger partial charge is 0.481 e. The molecule has 15 heavy (non-hydrogen) atoms. The van der Waals surface area contributed by atoms with Gasteiger partial charge in [0, 0.05) is 17.8 Å². The molecule has 0 atom stereocenters. The molecule has 0 bridgehead atoms. The van der Waals surface area contributed by atoms with Crippen molar-refractivity contribution in [2.75, 3.05) is 7.11 Å². The van der Waals surface area contributed by atoms with E-state index in [1.54, 1.807) is 12.1 Å². The molecule has 0 aromatic carbocycles. The van der Waals surface area contributed by atoms with E-state index in [0.29, 0.717) is 27.5 Å². The zero-order valence-corrected chi connectivity index (χ0v) is 8.82. The van der Waals surface area contributed by atoms with Crippen molar-refractivity contribution >= 4 is 22.6 Å². The summed E-state index contributed by atoms with van der Waals surface area (Å²) in [5.74, 6) is 0.473. The Morgan fingerprint density at radius 1 is 1.47 bits per heavy atom. The highest BCUT2D eigenvalue weighted by molar-refractivity contribution is 6.32. The highest BCUT2D eigenvalue weighted by Crippen LogP contribution is 2.24. The van der Waals surface area contributed by atoms with E-state index < -0.39 is 0 Å². The first-order valence-corrected chi connectivity index (χ1v) is 4.73. The van der Waals surface area contributed by atoms with E-state index in [9.17, 15) is 5.11 Å². The lowest BCUT2D eigenvalue weighted by atomic mass is 10.2. The SMILES string of the molecule is COc1ccc2ncc(Cl)c(CO)c2n1. The van der Waals surface area contributed by atoms with Crippen LogP contribution in [-0.4, -0.2) is 22.2 Å². The number of aliphatic hydroxyl groups is 1. The predicted octanol–water partition coefficient (Wildman–Crippen LogP) is 1.78. The molecule has 1 N–H and O–H groups in total. The zero-order valence-electron chi connectivity index (χ0n) is 8.07. The van der Waals surface area contributed by atoms with Crippen LogP contribution in [0.3, 0.4) is 0 Å². The van der Waals surface area contributed by atoms with Crippen LogP contribution < -0.4 is 4.74 Å². The van der Waals surface area contributed by atoms with E-state index in [0.717, 1.165) is 0 Å². The molecule has 78 valence electrons. The lowest BCUT2D eigenvalue weighted by Gasteiger charge is -2.06. The van der Waals surface area contributed by atoms with Crippen LogP contribution in [0.2, 0.25) is 5.02 Å². The van der Waals surface area contributed by atoms with Crippen molar-refractivity contribution < 1.29 is 9.84 Å². The van der Waals surface area contributed by atoms with Crippen LogP contribution in [0, 0.1) is 0 Å². The maximum Gasteiger partial charge on any atom is 0.213 e. The number of fused-ring (bicyclic) bond motifs is 1. The van der Waals surface area contributed by atoms with Crippen molar-refractivity contribution in [3.63, 3.8) is 0 Å². The third-order valence-corrected chi connectivity index (χ3v) is 2.43. The summed E-state index contributed by atoms with van der Waals surface area (Å²) in [5.41, 5.74) is 1.83. The van der Waals surface area contributed by atoms with Gasteiger partial charge in [-0.15, -0.1) is 0 Å². The van der Waals surface area contributed by atoms with Gasteiger partial charge >= 0.3 is 0 Å². The number of rotatable bonds is 2. The number of hydrogen-bond donors (Lipinski definition) is 1. The van der Waals surface area contributed by atoms with Gasteiger partial charge in [-0.05, 0) is 6.07 Å². The van der Waals surface area contributed by atoms with Crippen LogP contribution in [0.15, 0.2) is 18.3 Å². The molecule has 0 saturated carbocycles. The Morgan fingerprint density at radius 3 is 2.93 bits per heavy atom. The number of pyridine rings is 2. The van der Waals surface area contributed by atoms with Crippen molar-refractivity contribution in [1.29, 1.82) is 0 Å². The van der Waals surface area contributed by atoms with Crippen LogP contribution in [0.4, 0.5) is 0 Å². The molecule has 0 unspecified atom stereocenters. The monoisotopic (exact) mass is 224 g/mol. The van der Waals surface area contributed by atoms with Crippen LogP contribution in [-0.2, 0) is 6.61 Å². The van der Waals surface area contributed by atoms with Gasteiger partial charge < -0.3 is 9.84 Å². The van der Waals surface area contributed by atoms with Gasteiger partial charge in [-0.25, -0.2) is 4.98 Å². The number of nitrogens with zero attached hydrogens (tertiary/aromatic N) is 2. The third kappa shape index (κ3) is 1.73. The first-order chi connectivity index (χ1) is 7.26. The van der Waals surface area contributed by atoms with E-state index in [1.807, 2.05) is 0 Å². The topological polar surface area (TPSA) is 55.2 Å². The molecular weight excluding hydrogens is 216 g/mol. The van der Waals surface area contributed by atoms with E-state index in [4.69, 9.17) is 16.3 Å². The second-order valence-electron chi connectivity index (χ2n) is 2.96. The summed E-state index contributed by atoms with van der Waals surface area (Å²) in [4.78, 5) is 8.30. The Kier molecular flexibility index (Phi) is 2.70. The minimum atomic E-state index is -0.169. The fourth-order valence-electron chi connectivity index (χ4n) is 1.34. The summed E-state index contributed by atoms with van der Waals surface area (Å²) < 4.78 is 5.00. The first kappa shape index (κ1) is 10.1. The van der Waals surface area contributed by atoms with Crippen LogP contribution >= 0.6 is 11.6 Å². The van der Waals surface area contributed by atoms with E-state index in [1.165, 1.54) is 13.3 Å². The molecule has 0 aliphatic rings. The lowest BCUT2D eigenvalue weighted by molar-refractivity contribution is 0.283. The summed E-state index contributed by atoms with van der Waals surface area (Å²) in [6.45, 7) is -0.169. The Labute approximate surface area is 91.5 Å². The second kappa shape index (κ2) is 4.00. The Balaban J connectivity index is 2.76. The fraction of sp³-hybridized carbons (Fsp3) is 0.200. The lowest BCUT2D eigenvalue weighted by Crippen LogP contribution is -1.95. The summed E-state index contributed by atoms with van der Waals surface area (Å²) in [6.07, 6.45) is 1.50. The summed E-state index contributed by atoms with van der Waals surface area (Å²) in [6, 6.07) is 3.49. The minimum Gasteiger partial charge on any atom is -0.481 e. The van der Waals surface area contributed by atoms with Crippen LogP contribution in [0.25, 0.3) is 11.0 Å². The average molecular weight is 225 g/mol. The van der Waals surface area contributed by atoms with Gasteiger partial charge in [0.25, 0.3) is 0 Å². The average Bonchev–Trinajstić information content (AvgIpc) is 2.28. The molecule has 2 rings (SSSR count). The number of ether oxygens (including phenoxy) is 1. The number of aliphatic hydroxyl groups excluding tert-OH is 1. The Bertz CT molecular complexity index is 502. The molecule has 0 fully saturated rings. The highest BCUT2D eigenvalue weighted by atomic mass is 35.5. The predicted molar refractivity (Wildman–Crippen MR) is 57.0 cm³/mol. The molecule has 0 radical (unpaired) electrons. The van der Waals surface area contributed by atoms with Gasteiger partial charge in [0.2, 0.25) is 5.88 Å². The van der Waals surface area contributed by atoms with E-state index in [-0.39, 0.29) is 6.61 Å². The Morgan fingerprint density at radius 2 is 2.27 bits per heavy atom. The maximum atomic E-state index is 9.19. The summed E-state index contributed by atoms with van der Waals surface area (Å²) in [7, 11) is 1.53. The van der Waals surface area contributed by atoms with Crippen molar-refractivity contribution in [3.05, 3.63) is 28.9 Å². The second-order valence-corrected chi connectivity index (χ2v) is 3.37. The molecule has 0 saturated heterocycles. The number of methoxy groups -OCH3 is 1. The summed E-state index contributed by atoms with van der Waals surface area (Å²) in [5, 5.41) is 9.60. The quantitative estimate of drug-likeness (QED) is 0.845. The molecule has 2 heterocycles. The molecule has 0 aliphatic carbocycles. The van der Waals surface area contributed by atoms with E-state index in [2.05, 4.69) is 9.97 Å². The zero-order chi connectivity index (χ0) is 10.8. The van der Waals surface area contributed by atoms with Crippen molar-refractivity contribution in [1.82, 2.24) is 9.97 Å².